The van der Waals surface area contributed by atoms with Crippen LogP contribution in [0.3, 0.4) is 0 Å². The highest BCUT2D eigenvalue weighted by Crippen LogP contribution is 2.24. The molecule has 1 aromatic heterocycles. The number of aromatic carboxylic acids is 1. The molecule has 1 heterocycles. The number of fused-ring (bicyclic) bond motifs is 1. The van der Waals surface area contributed by atoms with Crippen molar-refractivity contribution in [3.63, 3.8) is 0 Å². The van der Waals surface area contributed by atoms with Gasteiger partial charge in [0.15, 0.2) is 0 Å². The van der Waals surface area contributed by atoms with Crippen molar-refractivity contribution in [2.24, 2.45) is 0 Å². The van der Waals surface area contributed by atoms with Crippen molar-refractivity contribution in [1.29, 1.82) is 0 Å². The van der Waals surface area contributed by atoms with E-state index in [1.165, 1.54) is 22.8 Å². The van der Waals surface area contributed by atoms with Crippen molar-refractivity contribution >= 4 is 17.0 Å². The lowest BCUT2D eigenvalue weighted by molar-refractivity contribution is 0.0697. The lowest BCUT2D eigenvalue weighted by Gasteiger charge is -2.08. The molecule has 6 heteroatoms. The second-order valence-electron chi connectivity index (χ2n) is 4.60. The number of benzene rings is 2. The Morgan fingerprint density at radius 2 is 1.95 bits per heavy atom. The van der Waals surface area contributed by atoms with Crippen LogP contribution in [0, 0.1) is 18.6 Å². The van der Waals surface area contributed by atoms with Crippen molar-refractivity contribution in [2.75, 3.05) is 0 Å². The van der Waals surface area contributed by atoms with Crippen LogP contribution in [-0.2, 0) is 0 Å². The van der Waals surface area contributed by atoms with Gasteiger partial charge in [-0.05, 0) is 37.3 Å². The summed E-state index contributed by atoms with van der Waals surface area (Å²) < 4.78 is 28.5. The Balaban J connectivity index is 2.32. The Kier molecular flexibility index (Phi) is 2.94. The minimum atomic E-state index is -1.08. The van der Waals surface area contributed by atoms with Crippen LogP contribution >= 0.6 is 0 Å². The van der Waals surface area contributed by atoms with E-state index in [0.717, 1.165) is 12.1 Å². The molecule has 0 spiro atoms. The van der Waals surface area contributed by atoms with Crippen LogP contribution in [0.2, 0.25) is 0 Å². The van der Waals surface area contributed by atoms with Crippen molar-refractivity contribution in [1.82, 2.24) is 9.55 Å². The van der Waals surface area contributed by atoms with Gasteiger partial charge in [0.25, 0.3) is 0 Å². The Hall–Kier alpha value is -2.76. The molecular formula is C15H10F2N2O2. The van der Waals surface area contributed by atoms with E-state index in [4.69, 9.17) is 5.11 Å². The van der Waals surface area contributed by atoms with Gasteiger partial charge in [0, 0.05) is 6.07 Å². The molecule has 0 saturated heterocycles. The topological polar surface area (TPSA) is 55.1 Å². The molecule has 3 rings (SSSR count). The standard InChI is InChI=1S/C15H10F2N2O2/c1-8-18-12-4-2-9(15(20)21)6-14(12)19(8)13-5-3-10(16)7-11(13)17/h2-7H,1H3,(H,20,21). The molecule has 0 radical (unpaired) electrons. The summed E-state index contributed by atoms with van der Waals surface area (Å²) >= 11 is 0. The molecular weight excluding hydrogens is 278 g/mol. The largest absolute Gasteiger partial charge is 0.478 e. The van der Waals surface area contributed by atoms with E-state index < -0.39 is 17.6 Å². The summed E-state index contributed by atoms with van der Waals surface area (Å²) in [5, 5.41) is 9.05. The van der Waals surface area contributed by atoms with Gasteiger partial charge in [-0.3, -0.25) is 4.57 Å². The fourth-order valence-corrected chi connectivity index (χ4v) is 2.30. The molecule has 3 aromatic rings. The van der Waals surface area contributed by atoms with Crippen LogP contribution in [-0.4, -0.2) is 20.6 Å². The third-order valence-corrected chi connectivity index (χ3v) is 3.22. The van der Waals surface area contributed by atoms with E-state index in [2.05, 4.69) is 4.98 Å². The zero-order valence-corrected chi connectivity index (χ0v) is 11.0. The van der Waals surface area contributed by atoms with Crippen LogP contribution in [0.5, 0.6) is 0 Å². The number of carbonyl (C=O) groups is 1. The molecule has 106 valence electrons. The summed E-state index contributed by atoms with van der Waals surface area (Å²) in [4.78, 5) is 15.3. The highest BCUT2D eigenvalue weighted by atomic mass is 19.1. The molecule has 0 aliphatic rings. The van der Waals surface area contributed by atoms with Crippen molar-refractivity contribution in [3.8, 4) is 5.69 Å². The minimum Gasteiger partial charge on any atom is -0.478 e. The van der Waals surface area contributed by atoms with Gasteiger partial charge in [0.1, 0.15) is 17.5 Å². The van der Waals surface area contributed by atoms with E-state index in [9.17, 15) is 13.6 Å². The van der Waals surface area contributed by atoms with Gasteiger partial charge in [-0.1, -0.05) is 0 Å². The van der Waals surface area contributed by atoms with Crippen molar-refractivity contribution in [2.45, 2.75) is 6.92 Å². The molecule has 0 aliphatic heterocycles. The van der Waals surface area contributed by atoms with Gasteiger partial charge < -0.3 is 5.11 Å². The molecule has 1 N–H and O–H groups in total. The Morgan fingerprint density at radius 1 is 1.19 bits per heavy atom. The molecule has 2 aromatic carbocycles. The third kappa shape index (κ3) is 2.14. The van der Waals surface area contributed by atoms with E-state index in [0.29, 0.717) is 16.9 Å². The van der Waals surface area contributed by atoms with Crippen molar-refractivity contribution in [3.05, 3.63) is 59.4 Å². The lowest BCUT2D eigenvalue weighted by atomic mass is 10.2. The molecule has 21 heavy (non-hydrogen) atoms. The predicted octanol–water partition coefficient (Wildman–Crippen LogP) is 3.31. The smallest absolute Gasteiger partial charge is 0.335 e. The van der Waals surface area contributed by atoms with Gasteiger partial charge in [-0.25, -0.2) is 18.6 Å². The number of imidazole rings is 1. The average molecular weight is 288 g/mol. The van der Waals surface area contributed by atoms with Crippen LogP contribution < -0.4 is 0 Å². The summed E-state index contributed by atoms with van der Waals surface area (Å²) in [6.07, 6.45) is 0. The van der Waals surface area contributed by atoms with Gasteiger partial charge in [-0.15, -0.1) is 0 Å². The second-order valence-corrected chi connectivity index (χ2v) is 4.60. The molecule has 4 nitrogen and oxygen atoms in total. The first-order valence-electron chi connectivity index (χ1n) is 6.15. The quantitative estimate of drug-likeness (QED) is 0.787. The fraction of sp³-hybridized carbons (Fsp3) is 0.0667. The first-order valence-corrected chi connectivity index (χ1v) is 6.15. The summed E-state index contributed by atoms with van der Waals surface area (Å²) in [5.41, 5.74) is 1.20. The molecule has 0 unspecified atom stereocenters. The number of hydrogen-bond acceptors (Lipinski definition) is 2. The van der Waals surface area contributed by atoms with Gasteiger partial charge in [-0.2, -0.15) is 0 Å². The van der Waals surface area contributed by atoms with Gasteiger partial charge in [0.05, 0.1) is 22.3 Å². The fourth-order valence-electron chi connectivity index (χ4n) is 2.30. The maximum Gasteiger partial charge on any atom is 0.335 e. The third-order valence-electron chi connectivity index (χ3n) is 3.22. The number of hydrogen-bond donors (Lipinski definition) is 1. The number of aromatic nitrogens is 2. The SMILES string of the molecule is Cc1nc2ccc(C(=O)O)cc2n1-c1ccc(F)cc1F. The van der Waals surface area contributed by atoms with E-state index in [1.807, 2.05) is 0 Å². The predicted molar refractivity (Wildman–Crippen MR) is 72.7 cm³/mol. The number of aryl methyl sites for hydroxylation is 1. The summed E-state index contributed by atoms with van der Waals surface area (Å²) in [6, 6.07) is 7.63. The molecule has 0 bridgehead atoms. The maximum absolute atomic E-state index is 14.0. The lowest BCUT2D eigenvalue weighted by Crippen LogP contribution is -2.02. The number of carboxylic acids is 1. The Bertz CT molecular complexity index is 871. The molecule has 0 aliphatic carbocycles. The van der Waals surface area contributed by atoms with E-state index in [1.54, 1.807) is 13.0 Å². The Morgan fingerprint density at radius 3 is 2.62 bits per heavy atom. The van der Waals surface area contributed by atoms with E-state index >= 15 is 0 Å². The van der Waals surface area contributed by atoms with Crippen LogP contribution in [0.15, 0.2) is 36.4 Å². The number of carboxylic acid groups (broad SMARTS) is 1. The van der Waals surface area contributed by atoms with Gasteiger partial charge in [0.2, 0.25) is 0 Å². The monoisotopic (exact) mass is 288 g/mol. The normalized spacial score (nSPS) is 11.0. The first-order chi connectivity index (χ1) is 9.97. The number of rotatable bonds is 2. The first kappa shape index (κ1) is 13.2. The highest BCUT2D eigenvalue weighted by Gasteiger charge is 2.15. The number of nitrogens with zero attached hydrogens (tertiary/aromatic N) is 2. The molecule has 0 atom stereocenters. The molecule has 0 fully saturated rings. The summed E-state index contributed by atoms with van der Waals surface area (Å²) in [5.74, 6) is -2.01. The number of halogens is 2. The molecule has 0 saturated carbocycles. The van der Waals surface area contributed by atoms with Crippen LogP contribution in [0.1, 0.15) is 16.2 Å². The van der Waals surface area contributed by atoms with Crippen molar-refractivity contribution < 1.29 is 18.7 Å². The van der Waals surface area contributed by atoms with Crippen LogP contribution in [0.4, 0.5) is 8.78 Å². The Labute approximate surface area is 118 Å². The zero-order chi connectivity index (χ0) is 15.1. The molecule has 0 amide bonds. The highest BCUT2D eigenvalue weighted by molar-refractivity contribution is 5.93. The van der Waals surface area contributed by atoms with Gasteiger partial charge >= 0.3 is 5.97 Å². The minimum absolute atomic E-state index is 0.0752. The average Bonchev–Trinajstić information content (AvgIpc) is 2.74. The summed E-state index contributed by atoms with van der Waals surface area (Å²) in [7, 11) is 0. The maximum atomic E-state index is 14.0. The van der Waals surface area contributed by atoms with Crippen LogP contribution in [0.25, 0.3) is 16.7 Å². The second kappa shape index (κ2) is 4.66. The van der Waals surface area contributed by atoms with E-state index in [-0.39, 0.29) is 11.3 Å². The summed E-state index contributed by atoms with van der Waals surface area (Å²) in [6.45, 7) is 1.67. The zero-order valence-electron chi connectivity index (χ0n) is 11.0.